The van der Waals surface area contributed by atoms with Gasteiger partial charge in [-0.3, -0.25) is 4.79 Å². The van der Waals surface area contributed by atoms with Gasteiger partial charge in [0, 0.05) is 19.1 Å². The summed E-state index contributed by atoms with van der Waals surface area (Å²) in [4.78, 5) is 24.6. The third kappa shape index (κ3) is 5.09. The average Bonchev–Trinajstić information content (AvgIpc) is 2.38. The normalized spacial score (nSPS) is 19.8. The standard InChI is InChI=1S/C14H26N2O3/c1-4-10(2)9-11(3)15-14(19)16-7-5-12(6-8-16)13(17)18/h10-12H,4-9H2,1-3H3,(H,15,19)(H,17,18). The Labute approximate surface area is 115 Å². The molecule has 0 bridgehead atoms. The highest BCUT2D eigenvalue weighted by atomic mass is 16.4. The Hall–Kier alpha value is -1.26. The molecule has 1 aliphatic heterocycles. The summed E-state index contributed by atoms with van der Waals surface area (Å²) in [5, 5.41) is 11.9. The number of aliphatic carboxylic acids is 1. The van der Waals surface area contributed by atoms with Crippen molar-refractivity contribution in [2.75, 3.05) is 13.1 Å². The molecule has 1 saturated heterocycles. The minimum atomic E-state index is -0.745. The second-order valence-electron chi connectivity index (χ2n) is 5.70. The van der Waals surface area contributed by atoms with Gasteiger partial charge in [0.15, 0.2) is 0 Å². The van der Waals surface area contributed by atoms with Crippen LogP contribution in [-0.4, -0.2) is 41.1 Å². The molecule has 0 radical (unpaired) electrons. The number of nitrogens with zero attached hydrogens (tertiary/aromatic N) is 1. The molecule has 0 aromatic rings. The summed E-state index contributed by atoms with van der Waals surface area (Å²) in [5.74, 6) is -0.431. The second kappa shape index (κ2) is 7.36. The Morgan fingerprint density at radius 3 is 2.37 bits per heavy atom. The molecule has 110 valence electrons. The molecular formula is C14H26N2O3. The maximum atomic E-state index is 12.0. The van der Waals surface area contributed by atoms with Gasteiger partial charge < -0.3 is 15.3 Å². The van der Waals surface area contributed by atoms with Crippen LogP contribution in [0.1, 0.15) is 46.5 Å². The Morgan fingerprint density at radius 2 is 1.89 bits per heavy atom. The number of carbonyl (C=O) groups is 2. The zero-order valence-corrected chi connectivity index (χ0v) is 12.2. The fourth-order valence-electron chi connectivity index (χ4n) is 2.46. The molecule has 5 nitrogen and oxygen atoms in total. The van der Waals surface area contributed by atoms with Gasteiger partial charge in [-0.15, -0.1) is 0 Å². The average molecular weight is 270 g/mol. The fraction of sp³-hybridized carbons (Fsp3) is 0.857. The SMILES string of the molecule is CCC(C)CC(C)NC(=O)N1CCC(C(=O)O)CC1. The number of hydrogen-bond donors (Lipinski definition) is 2. The Morgan fingerprint density at radius 1 is 1.32 bits per heavy atom. The van der Waals surface area contributed by atoms with E-state index in [4.69, 9.17) is 5.11 Å². The van der Waals surface area contributed by atoms with Gasteiger partial charge in [0.25, 0.3) is 0 Å². The minimum Gasteiger partial charge on any atom is -0.481 e. The predicted octanol–water partition coefficient (Wildman–Crippen LogP) is 2.32. The fourth-order valence-corrected chi connectivity index (χ4v) is 2.46. The van der Waals surface area contributed by atoms with Crippen LogP contribution in [0.3, 0.4) is 0 Å². The number of piperidine rings is 1. The Balaban J connectivity index is 2.33. The van der Waals surface area contributed by atoms with Crippen molar-refractivity contribution in [3.8, 4) is 0 Å². The predicted molar refractivity (Wildman–Crippen MR) is 74.0 cm³/mol. The lowest BCUT2D eigenvalue weighted by Gasteiger charge is -2.31. The van der Waals surface area contributed by atoms with Crippen molar-refractivity contribution in [3.63, 3.8) is 0 Å². The number of amides is 2. The number of likely N-dealkylation sites (tertiary alicyclic amines) is 1. The van der Waals surface area contributed by atoms with Crippen LogP contribution in [0.25, 0.3) is 0 Å². The summed E-state index contributed by atoms with van der Waals surface area (Å²) in [7, 11) is 0. The number of carboxylic acids is 1. The molecule has 0 saturated carbocycles. The van der Waals surface area contributed by atoms with Gasteiger partial charge >= 0.3 is 12.0 Å². The van der Waals surface area contributed by atoms with Crippen LogP contribution < -0.4 is 5.32 Å². The molecule has 2 atom stereocenters. The van der Waals surface area contributed by atoms with Gasteiger partial charge in [0.05, 0.1) is 5.92 Å². The molecule has 5 heteroatoms. The summed E-state index contributed by atoms with van der Waals surface area (Å²) < 4.78 is 0. The first-order valence-corrected chi connectivity index (χ1v) is 7.22. The lowest BCUT2D eigenvalue weighted by molar-refractivity contribution is -0.143. The smallest absolute Gasteiger partial charge is 0.317 e. The summed E-state index contributed by atoms with van der Waals surface area (Å²) in [5.41, 5.74) is 0. The van der Waals surface area contributed by atoms with Gasteiger partial charge in [0.1, 0.15) is 0 Å². The maximum Gasteiger partial charge on any atom is 0.317 e. The van der Waals surface area contributed by atoms with Crippen LogP contribution in [0.4, 0.5) is 4.79 Å². The van der Waals surface area contributed by atoms with E-state index in [1.54, 1.807) is 4.90 Å². The molecule has 2 N–H and O–H groups in total. The monoisotopic (exact) mass is 270 g/mol. The van der Waals surface area contributed by atoms with Crippen LogP contribution in [0.2, 0.25) is 0 Å². The van der Waals surface area contributed by atoms with Gasteiger partial charge in [0.2, 0.25) is 0 Å². The van der Waals surface area contributed by atoms with Crippen molar-refractivity contribution < 1.29 is 14.7 Å². The van der Waals surface area contributed by atoms with Crippen molar-refractivity contribution >= 4 is 12.0 Å². The highest BCUT2D eigenvalue weighted by Crippen LogP contribution is 2.17. The van der Waals surface area contributed by atoms with Crippen LogP contribution in [0.5, 0.6) is 0 Å². The van der Waals surface area contributed by atoms with E-state index >= 15 is 0 Å². The number of carbonyl (C=O) groups excluding carboxylic acids is 1. The van der Waals surface area contributed by atoms with Gasteiger partial charge in [-0.1, -0.05) is 20.3 Å². The Kier molecular flexibility index (Phi) is 6.12. The molecule has 1 aliphatic rings. The maximum absolute atomic E-state index is 12.0. The summed E-state index contributed by atoms with van der Waals surface area (Å²) >= 11 is 0. The van der Waals surface area contributed by atoms with Crippen molar-refractivity contribution in [3.05, 3.63) is 0 Å². The zero-order valence-electron chi connectivity index (χ0n) is 12.2. The van der Waals surface area contributed by atoms with E-state index in [9.17, 15) is 9.59 Å². The number of nitrogens with one attached hydrogen (secondary N) is 1. The van der Waals surface area contributed by atoms with E-state index in [0.717, 1.165) is 12.8 Å². The van der Waals surface area contributed by atoms with Crippen molar-refractivity contribution in [1.82, 2.24) is 10.2 Å². The van der Waals surface area contributed by atoms with Gasteiger partial charge in [-0.05, 0) is 32.1 Å². The highest BCUT2D eigenvalue weighted by Gasteiger charge is 2.27. The van der Waals surface area contributed by atoms with E-state index in [2.05, 4.69) is 19.2 Å². The molecule has 1 rings (SSSR count). The quantitative estimate of drug-likeness (QED) is 0.805. The van der Waals surface area contributed by atoms with E-state index in [1.165, 1.54) is 0 Å². The van der Waals surface area contributed by atoms with E-state index in [0.29, 0.717) is 31.8 Å². The molecule has 1 fully saturated rings. The molecule has 2 amide bonds. The van der Waals surface area contributed by atoms with Crippen molar-refractivity contribution in [2.45, 2.75) is 52.5 Å². The molecule has 19 heavy (non-hydrogen) atoms. The molecule has 0 aliphatic carbocycles. The molecule has 1 heterocycles. The number of urea groups is 1. The van der Waals surface area contributed by atoms with Crippen LogP contribution in [0.15, 0.2) is 0 Å². The molecule has 0 aromatic carbocycles. The van der Waals surface area contributed by atoms with E-state index in [-0.39, 0.29) is 18.0 Å². The van der Waals surface area contributed by atoms with Crippen molar-refractivity contribution in [2.24, 2.45) is 11.8 Å². The number of carboxylic acid groups (broad SMARTS) is 1. The topological polar surface area (TPSA) is 69.6 Å². The summed E-state index contributed by atoms with van der Waals surface area (Å²) in [6.45, 7) is 7.43. The third-order valence-electron chi connectivity index (χ3n) is 3.95. The minimum absolute atomic E-state index is 0.0559. The molecule has 2 unspecified atom stereocenters. The Bertz CT molecular complexity index is 312. The molecular weight excluding hydrogens is 244 g/mol. The van der Waals surface area contributed by atoms with Gasteiger partial charge in [-0.2, -0.15) is 0 Å². The molecule has 0 aromatic heterocycles. The zero-order chi connectivity index (χ0) is 14.4. The largest absolute Gasteiger partial charge is 0.481 e. The van der Waals surface area contributed by atoms with Crippen LogP contribution in [0, 0.1) is 11.8 Å². The lowest BCUT2D eigenvalue weighted by Crippen LogP contribution is -2.48. The first-order valence-electron chi connectivity index (χ1n) is 7.22. The van der Waals surface area contributed by atoms with Gasteiger partial charge in [-0.25, -0.2) is 4.79 Å². The molecule has 0 spiro atoms. The third-order valence-corrected chi connectivity index (χ3v) is 3.95. The second-order valence-corrected chi connectivity index (χ2v) is 5.70. The summed E-state index contributed by atoms with van der Waals surface area (Å²) in [6.07, 6.45) is 3.21. The highest BCUT2D eigenvalue weighted by molar-refractivity contribution is 5.75. The lowest BCUT2D eigenvalue weighted by atomic mass is 9.97. The first-order chi connectivity index (χ1) is 8.93. The van der Waals surface area contributed by atoms with Crippen LogP contribution in [-0.2, 0) is 4.79 Å². The number of rotatable bonds is 5. The number of hydrogen-bond acceptors (Lipinski definition) is 2. The first kappa shape index (κ1) is 15.8. The van der Waals surface area contributed by atoms with Crippen LogP contribution >= 0.6 is 0 Å². The van der Waals surface area contributed by atoms with E-state index in [1.807, 2.05) is 6.92 Å². The summed E-state index contributed by atoms with van der Waals surface area (Å²) in [6, 6.07) is 0.110. The van der Waals surface area contributed by atoms with E-state index < -0.39 is 5.97 Å². The van der Waals surface area contributed by atoms with Crippen molar-refractivity contribution in [1.29, 1.82) is 0 Å².